The van der Waals surface area contributed by atoms with Gasteiger partial charge in [-0.15, -0.1) is 0 Å². The van der Waals surface area contributed by atoms with Gasteiger partial charge in [0.05, 0.1) is 6.04 Å². The number of hydrogen-bond acceptors (Lipinski definition) is 5. The van der Waals surface area contributed by atoms with E-state index < -0.39 is 17.9 Å². The number of rotatable bonds is 10. The van der Waals surface area contributed by atoms with Crippen molar-refractivity contribution < 1.29 is 19.2 Å². The first kappa shape index (κ1) is 23.4. The van der Waals surface area contributed by atoms with Crippen LogP contribution in [0.2, 0.25) is 5.15 Å². The van der Waals surface area contributed by atoms with Crippen molar-refractivity contribution in [3.05, 3.63) is 34.1 Å². The summed E-state index contributed by atoms with van der Waals surface area (Å²) in [6.07, 6.45) is 8.03. The fourth-order valence-electron chi connectivity index (χ4n) is 4.66. The van der Waals surface area contributed by atoms with Crippen molar-refractivity contribution in [1.29, 1.82) is 0 Å². The monoisotopic (exact) mass is 472 g/mol. The van der Waals surface area contributed by atoms with Gasteiger partial charge in [0.1, 0.15) is 5.15 Å². The van der Waals surface area contributed by atoms with Gasteiger partial charge >= 0.3 is 0 Å². The number of nitrogens with zero attached hydrogens (tertiary/aromatic N) is 1. The lowest BCUT2D eigenvalue weighted by atomic mass is 9.84. The SMILES string of the molecule is NC(=O)[C@@H](CC(=O)[C@H](CC1CC1)NC(=O)C1=Cc2c(ccnc2Cl)C1)C[C@@H]1CCCNC1=O. The third-order valence-corrected chi connectivity index (χ3v) is 7.10. The summed E-state index contributed by atoms with van der Waals surface area (Å²) in [5, 5.41) is 6.04. The number of halogens is 1. The first-order chi connectivity index (χ1) is 15.8. The Labute approximate surface area is 197 Å². The van der Waals surface area contributed by atoms with Crippen LogP contribution in [0.15, 0.2) is 17.8 Å². The minimum absolute atomic E-state index is 0.0776. The van der Waals surface area contributed by atoms with Gasteiger partial charge in [-0.3, -0.25) is 19.2 Å². The molecule has 4 N–H and O–H groups in total. The molecule has 0 spiro atoms. The van der Waals surface area contributed by atoms with E-state index in [2.05, 4.69) is 15.6 Å². The van der Waals surface area contributed by atoms with Crippen LogP contribution in [0.5, 0.6) is 0 Å². The van der Waals surface area contributed by atoms with Crippen molar-refractivity contribution in [2.45, 2.75) is 57.4 Å². The zero-order chi connectivity index (χ0) is 23.5. The zero-order valence-electron chi connectivity index (χ0n) is 18.4. The Kier molecular flexibility index (Phi) is 7.12. The molecule has 2 aliphatic carbocycles. The number of hydrogen-bond donors (Lipinski definition) is 3. The van der Waals surface area contributed by atoms with Gasteiger partial charge in [-0.25, -0.2) is 4.98 Å². The summed E-state index contributed by atoms with van der Waals surface area (Å²) in [4.78, 5) is 54.4. The van der Waals surface area contributed by atoms with Crippen LogP contribution < -0.4 is 16.4 Å². The molecule has 0 aromatic carbocycles. The molecule has 0 bridgehead atoms. The van der Waals surface area contributed by atoms with Crippen molar-refractivity contribution >= 4 is 41.2 Å². The van der Waals surface area contributed by atoms with Crippen LogP contribution in [0.3, 0.4) is 0 Å². The van der Waals surface area contributed by atoms with E-state index in [9.17, 15) is 19.2 Å². The van der Waals surface area contributed by atoms with Gasteiger partial charge in [0, 0.05) is 48.6 Å². The molecule has 2 fully saturated rings. The van der Waals surface area contributed by atoms with Gasteiger partial charge < -0.3 is 16.4 Å². The number of primary amides is 1. The third kappa shape index (κ3) is 5.79. The molecule has 3 atom stereocenters. The second kappa shape index (κ2) is 10.0. The summed E-state index contributed by atoms with van der Waals surface area (Å²) >= 11 is 6.14. The Bertz CT molecular complexity index is 1000. The van der Waals surface area contributed by atoms with Gasteiger partial charge in [-0.1, -0.05) is 24.4 Å². The van der Waals surface area contributed by atoms with Crippen molar-refractivity contribution in [3.8, 4) is 0 Å². The molecule has 1 aliphatic heterocycles. The summed E-state index contributed by atoms with van der Waals surface area (Å²) in [6.45, 7) is 0.631. The predicted octanol–water partition coefficient (Wildman–Crippen LogP) is 1.94. The molecule has 4 rings (SSSR count). The second-order valence-electron chi connectivity index (χ2n) is 9.36. The first-order valence-electron chi connectivity index (χ1n) is 11.6. The molecule has 9 heteroatoms. The molecular formula is C24H29ClN4O4. The van der Waals surface area contributed by atoms with Crippen molar-refractivity contribution in [3.63, 3.8) is 0 Å². The number of Topliss-reactive ketones (excluding diaryl/α,β-unsaturated/α-hetero) is 1. The number of pyridine rings is 1. The number of carbonyl (C=O) groups is 4. The number of carbonyl (C=O) groups excluding carboxylic acids is 4. The van der Waals surface area contributed by atoms with E-state index in [0.717, 1.165) is 30.4 Å². The van der Waals surface area contributed by atoms with Crippen LogP contribution >= 0.6 is 11.6 Å². The minimum Gasteiger partial charge on any atom is -0.369 e. The lowest BCUT2D eigenvalue weighted by molar-refractivity contribution is -0.132. The van der Waals surface area contributed by atoms with Crippen LogP contribution in [-0.2, 0) is 25.6 Å². The minimum atomic E-state index is -0.732. The van der Waals surface area contributed by atoms with E-state index in [0.29, 0.717) is 42.5 Å². The topological polar surface area (TPSA) is 131 Å². The molecular weight excluding hydrogens is 444 g/mol. The Morgan fingerprint density at radius 1 is 1.24 bits per heavy atom. The molecule has 1 saturated heterocycles. The predicted molar refractivity (Wildman–Crippen MR) is 123 cm³/mol. The van der Waals surface area contributed by atoms with Crippen molar-refractivity contribution in [1.82, 2.24) is 15.6 Å². The fraction of sp³-hybridized carbons (Fsp3) is 0.542. The van der Waals surface area contributed by atoms with Crippen molar-refractivity contribution in [2.24, 2.45) is 23.5 Å². The van der Waals surface area contributed by atoms with Gasteiger partial charge in [0.15, 0.2) is 5.78 Å². The highest BCUT2D eigenvalue weighted by Crippen LogP contribution is 2.35. The lowest BCUT2D eigenvalue weighted by Gasteiger charge is -2.26. The highest BCUT2D eigenvalue weighted by Gasteiger charge is 2.35. The Morgan fingerprint density at radius 3 is 2.70 bits per heavy atom. The van der Waals surface area contributed by atoms with Crippen molar-refractivity contribution in [2.75, 3.05) is 6.54 Å². The van der Waals surface area contributed by atoms with E-state index in [1.807, 2.05) is 6.07 Å². The molecule has 0 unspecified atom stereocenters. The Balaban J connectivity index is 1.42. The number of amides is 3. The fourth-order valence-corrected chi connectivity index (χ4v) is 4.90. The van der Waals surface area contributed by atoms with Gasteiger partial charge in [-0.2, -0.15) is 0 Å². The molecule has 0 radical (unpaired) electrons. The van der Waals surface area contributed by atoms with Crippen LogP contribution in [0.1, 0.15) is 56.1 Å². The molecule has 3 amide bonds. The highest BCUT2D eigenvalue weighted by atomic mass is 35.5. The number of nitrogens with one attached hydrogen (secondary N) is 2. The Hall–Kier alpha value is -2.74. The van der Waals surface area contributed by atoms with Crippen LogP contribution in [-0.4, -0.2) is 41.1 Å². The van der Waals surface area contributed by atoms with Gasteiger partial charge in [0.2, 0.25) is 17.7 Å². The molecule has 33 heavy (non-hydrogen) atoms. The first-order valence-corrected chi connectivity index (χ1v) is 11.9. The summed E-state index contributed by atoms with van der Waals surface area (Å²) in [7, 11) is 0. The van der Waals surface area contributed by atoms with Crippen LogP contribution in [0.4, 0.5) is 0 Å². The van der Waals surface area contributed by atoms with E-state index in [1.165, 1.54) is 0 Å². The average molecular weight is 473 g/mol. The molecule has 1 saturated carbocycles. The second-order valence-corrected chi connectivity index (χ2v) is 9.72. The normalized spacial score (nSPS) is 21.4. The maximum absolute atomic E-state index is 13.2. The van der Waals surface area contributed by atoms with E-state index in [1.54, 1.807) is 12.3 Å². The number of fused-ring (bicyclic) bond motifs is 1. The standard InChI is InChI=1S/C24H29ClN4O4/c25-21-18-11-17(9-14(18)5-7-27-21)24(33)29-19(8-13-3-4-13)20(30)12-16(22(26)31)10-15-2-1-6-28-23(15)32/h5,7,11,13,15-16,19H,1-4,6,8-10,12H2,(H2,26,31)(H,28,32)(H,29,33)/t15-,16+,19-/m0/s1. The van der Waals surface area contributed by atoms with E-state index >= 15 is 0 Å². The average Bonchev–Trinajstić information content (AvgIpc) is 3.48. The number of piperidine rings is 1. The molecule has 3 aliphatic rings. The summed E-state index contributed by atoms with van der Waals surface area (Å²) in [5.74, 6) is -1.87. The summed E-state index contributed by atoms with van der Waals surface area (Å²) in [5.41, 5.74) is 7.77. The lowest BCUT2D eigenvalue weighted by Crippen LogP contribution is -2.44. The molecule has 1 aromatic heterocycles. The van der Waals surface area contributed by atoms with Gasteiger partial charge in [0.25, 0.3) is 0 Å². The molecule has 2 heterocycles. The zero-order valence-corrected chi connectivity index (χ0v) is 19.2. The molecule has 176 valence electrons. The number of ketones is 1. The quantitative estimate of drug-likeness (QED) is 0.448. The largest absolute Gasteiger partial charge is 0.369 e. The Morgan fingerprint density at radius 2 is 2.03 bits per heavy atom. The van der Waals surface area contributed by atoms with Crippen LogP contribution in [0.25, 0.3) is 6.08 Å². The highest BCUT2D eigenvalue weighted by molar-refractivity contribution is 6.31. The maximum Gasteiger partial charge on any atom is 0.248 e. The van der Waals surface area contributed by atoms with E-state index in [4.69, 9.17) is 17.3 Å². The smallest absolute Gasteiger partial charge is 0.248 e. The van der Waals surface area contributed by atoms with E-state index in [-0.39, 0.29) is 36.4 Å². The molecule has 8 nitrogen and oxygen atoms in total. The van der Waals surface area contributed by atoms with Gasteiger partial charge in [-0.05, 0) is 49.3 Å². The number of nitrogens with two attached hydrogens (primary N) is 1. The summed E-state index contributed by atoms with van der Waals surface area (Å²) in [6, 6.07) is 1.13. The molecule has 1 aromatic rings. The maximum atomic E-state index is 13.2. The summed E-state index contributed by atoms with van der Waals surface area (Å²) < 4.78 is 0. The third-order valence-electron chi connectivity index (χ3n) is 6.80. The number of aromatic nitrogens is 1. The van der Waals surface area contributed by atoms with Crippen LogP contribution in [0, 0.1) is 17.8 Å².